The third-order valence-corrected chi connectivity index (χ3v) is 3.38. The average molecular weight is 328 g/mol. The Hall–Kier alpha value is -1.79. The Morgan fingerprint density at radius 1 is 1.36 bits per heavy atom. The van der Waals surface area contributed by atoms with Crippen LogP contribution in [0.3, 0.4) is 0 Å². The van der Waals surface area contributed by atoms with Crippen molar-refractivity contribution in [2.75, 3.05) is 25.6 Å². The van der Waals surface area contributed by atoms with Gasteiger partial charge in [0.05, 0.1) is 12.6 Å². The number of carbonyl (C=O) groups is 2. The Bertz CT molecular complexity index is 523. The summed E-state index contributed by atoms with van der Waals surface area (Å²) in [5.41, 5.74) is 1.49. The monoisotopic (exact) mass is 327 g/mol. The van der Waals surface area contributed by atoms with Crippen molar-refractivity contribution in [1.82, 2.24) is 10.6 Å². The molecule has 0 aliphatic heterocycles. The van der Waals surface area contributed by atoms with Gasteiger partial charge in [0.25, 0.3) is 0 Å². The molecule has 3 amide bonds. The van der Waals surface area contributed by atoms with Crippen LogP contribution in [0.4, 0.5) is 10.5 Å². The second kappa shape index (κ2) is 9.27. The fraction of sp³-hybridized carbons (Fsp3) is 0.467. The van der Waals surface area contributed by atoms with Crippen molar-refractivity contribution in [1.29, 1.82) is 0 Å². The number of rotatable bonds is 7. The standard InChI is InChI=1S/C15H22ClN3O3/c1-10(9-22-3)18-15(21)17-8-7-14(20)19-13-6-4-5-12(16)11(13)2/h4-6,10H,7-9H2,1-3H3,(H,19,20)(H2,17,18,21). The minimum Gasteiger partial charge on any atom is -0.383 e. The largest absolute Gasteiger partial charge is 0.383 e. The van der Waals surface area contributed by atoms with E-state index in [-0.39, 0.29) is 30.9 Å². The first-order chi connectivity index (χ1) is 10.4. The van der Waals surface area contributed by atoms with E-state index in [0.717, 1.165) is 5.56 Å². The maximum absolute atomic E-state index is 11.8. The van der Waals surface area contributed by atoms with Crippen LogP contribution in [-0.2, 0) is 9.53 Å². The highest BCUT2D eigenvalue weighted by Crippen LogP contribution is 2.22. The molecule has 1 unspecified atom stereocenters. The van der Waals surface area contributed by atoms with Gasteiger partial charge in [0, 0.05) is 30.8 Å². The van der Waals surface area contributed by atoms with E-state index in [1.54, 1.807) is 25.3 Å². The van der Waals surface area contributed by atoms with Crippen molar-refractivity contribution < 1.29 is 14.3 Å². The summed E-state index contributed by atoms with van der Waals surface area (Å²) in [5.74, 6) is -0.185. The second-order valence-corrected chi connectivity index (χ2v) is 5.37. The van der Waals surface area contributed by atoms with E-state index in [1.165, 1.54) is 0 Å². The lowest BCUT2D eigenvalue weighted by Gasteiger charge is -2.13. The summed E-state index contributed by atoms with van der Waals surface area (Å²) < 4.78 is 4.92. The number of benzene rings is 1. The third kappa shape index (κ3) is 6.32. The second-order valence-electron chi connectivity index (χ2n) is 4.97. The highest BCUT2D eigenvalue weighted by molar-refractivity contribution is 6.31. The van der Waals surface area contributed by atoms with Gasteiger partial charge >= 0.3 is 6.03 Å². The zero-order chi connectivity index (χ0) is 16.5. The first-order valence-electron chi connectivity index (χ1n) is 7.02. The van der Waals surface area contributed by atoms with Crippen molar-refractivity contribution in [2.24, 2.45) is 0 Å². The maximum atomic E-state index is 11.8. The van der Waals surface area contributed by atoms with Gasteiger partial charge in [0.2, 0.25) is 5.91 Å². The summed E-state index contributed by atoms with van der Waals surface area (Å²) in [6.07, 6.45) is 0.179. The molecule has 0 fully saturated rings. The molecule has 1 aromatic rings. The van der Waals surface area contributed by atoms with Gasteiger partial charge in [0.15, 0.2) is 0 Å². The number of carbonyl (C=O) groups excluding carboxylic acids is 2. The van der Waals surface area contributed by atoms with Crippen LogP contribution in [0.25, 0.3) is 0 Å². The predicted octanol–water partition coefficient (Wildman–Crippen LogP) is 2.31. The van der Waals surface area contributed by atoms with Crippen molar-refractivity contribution in [2.45, 2.75) is 26.3 Å². The van der Waals surface area contributed by atoms with Gasteiger partial charge in [-0.1, -0.05) is 17.7 Å². The fourth-order valence-electron chi connectivity index (χ4n) is 1.81. The molecule has 0 aliphatic carbocycles. The lowest BCUT2D eigenvalue weighted by atomic mass is 10.2. The zero-order valence-electron chi connectivity index (χ0n) is 13.0. The van der Waals surface area contributed by atoms with Gasteiger partial charge in [-0.25, -0.2) is 4.79 Å². The van der Waals surface area contributed by atoms with E-state index in [9.17, 15) is 9.59 Å². The number of anilines is 1. The quantitative estimate of drug-likeness (QED) is 0.719. The summed E-state index contributed by atoms with van der Waals surface area (Å²) >= 11 is 5.99. The summed E-state index contributed by atoms with van der Waals surface area (Å²) in [7, 11) is 1.57. The van der Waals surface area contributed by atoms with E-state index in [1.807, 2.05) is 13.8 Å². The normalized spacial score (nSPS) is 11.6. The van der Waals surface area contributed by atoms with Gasteiger partial charge in [0.1, 0.15) is 0 Å². The molecule has 0 aliphatic rings. The molecular formula is C15H22ClN3O3. The van der Waals surface area contributed by atoms with E-state index in [0.29, 0.717) is 17.3 Å². The molecule has 1 aromatic carbocycles. The van der Waals surface area contributed by atoms with Crippen molar-refractivity contribution in [3.05, 3.63) is 28.8 Å². The zero-order valence-corrected chi connectivity index (χ0v) is 13.8. The summed E-state index contributed by atoms with van der Waals surface area (Å²) in [6, 6.07) is 4.91. The molecule has 7 heteroatoms. The smallest absolute Gasteiger partial charge is 0.315 e. The van der Waals surface area contributed by atoms with Crippen molar-refractivity contribution >= 4 is 29.2 Å². The van der Waals surface area contributed by atoms with Crippen LogP contribution in [0.2, 0.25) is 5.02 Å². The molecule has 0 aromatic heterocycles. The molecule has 0 bridgehead atoms. The fourth-order valence-corrected chi connectivity index (χ4v) is 1.99. The highest BCUT2D eigenvalue weighted by Gasteiger charge is 2.09. The molecule has 1 atom stereocenters. The molecule has 22 heavy (non-hydrogen) atoms. The first-order valence-corrected chi connectivity index (χ1v) is 7.40. The van der Waals surface area contributed by atoms with Crippen LogP contribution in [0.5, 0.6) is 0 Å². The Morgan fingerprint density at radius 2 is 2.09 bits per heavy atom. The van der Waals surface area contributed by atoms with E-state index in [4.69, 9.17) is 16.3 Å². The highest BCUT2D eigenvalue weighted by atomic mass is 35.5. The van der Waals surface area contributed by atoms with Gasteiger partial charge in [-0.15, -0.1) is 0 Å². The van der Waals surface area contributed by atoms with Gasteiger partial charge in [-0.05, 0) is 31.5 Å². The predicted molar refractivity (Wildman–Crippen MR) is 87.3 cm³/mol. The third-order valence-electron chi connectivity index (χ3n) is 2.97. The van der Waals surface area contributed by atoms with Crippen LogP contribution in [0.15, 0.2) is 18.2 Å². The molecular weight excluding hydrogens is 306 g/mol. The van der Waals surface area contributed by atoms with E-state index in [2.05, 4.69) is 16.0 Å². The molecule has 0 saturated carbocycles. The topological polar surface area (TPSA) is 79.5 Å². The number of amides is 3. The Balaban J connectivity index is 2.32. The molecule has 0 radical (unpaired) electrons. The lowest BCUT2D eigenvalue weighted by molar-refractivity contribution is -0.116. The Morgan fingerprint density at radius 3 is 2.77 bits per heavy atom. The number of halogens is 1. The van der Waals surface area contributed by atoms with Crippen LogP contribution in [0, 0.1) is 6.92 Å². The number of nitrogens with one attached hydrogen (secondary N) is 3. The Labute approximate surface area is 135 Å². The average Bonchev–Trinajstić information content (AvgIpc) is 2.44. The molecule has 3 N–H and O–H groups in total. The van der Waals surface area contributed by atoms with Gasteiger partial charge < -0.3 is 20.7 Å². The lowest BCUT2D eigenvalue weighted by Crippen LogP contribution is -2.43. The molecule has 6 nitrogen and oxygen atoms in total. The summed E-state index contributed by atoms with van der Waals surface area (Å²) in [6.45, 7) is 4.34. The van der Waals surface area contributed by atoms with Crippen LogP contribution >= 0.6 is 11.6 Å². The summed E-state index contributed by atoms with van der Waals surface area (Å²) in [4.78, 5) is 23.4. The number of ether oxygens (including phenoxy) is 1. The van der Waals surface area contributed by atoms with Gasteiger partial charge in [-0.3, -0.25) is 4.79 Å². The maximum Gasteiger partial charge on any atom is 0.315 e. The molecule has 122 valence electrons. The van der Waals surface area contributed by atoms with E-state index >= 15 is 0 Å². The van der Waals surface area contributed by atoms with Crippen LogP contribution < -0.4 is 16.0 Å². The number of hydrogen-bond acceptors (Lipinski definition) is 3. The SMILES string of the molecule is COCC(C)NC(=O)NCCC(=O)Nc1cccc(Cl)c1C. The van der Waals surface area contributed by atoms with Crippen LogP contribution in [-0.4, -0.2) is 38.2 Å². The molecule has 0 saturated heterocycles. The van der Waals surface area contributed by atoms with Crippen molar-refractivity contribution in [3.63, 3.8) is 0 Å². The number of methoxy groups -OCH3 is 1. The van der Waals surface area contributed by atoms with Crippen LogP contribution in [0.1, 0.15) is 18.9 Å². The summed E-state index contributed by atoms with van der Waals surface area (Å²) in [5, 5.41) is 8.69. The molecule has 0 heterocycles. The first kappa shape index (κ1) is 18.3. The Kier molecular flexibility index (Phi) is 7.70. The number of urea groups is 1. The van der Waals surface area contributed by atoms with E-state index < -0.39 is 0 Å². The van der Waals surface area contributed by atoms with Gasteiger partial charge in [-0.2, -0.15) is 0 Å². The number of hydrogen-bond donors (Lipinski definition) is 3. The molecule has 1 rings (SSSR count). The molecule has 0 spiro atoms. The minimum absolute atomic E-state index is 0.0899. The van der Waals surface area contributed by atoms with Crippen molar-refractivity contribution in [3.8, 4) is 0 Å². The minimum atomic E-state index is -0.323.